The van der Waals surface area contributed by atoms with Crippen molar-refractivity contribution in [1.29, 1.82) is 0 Å². The van der Waals surface area contributed by atoms with Crippen molar-refractivity contribution in [3.05, 3.63) is 65.5 Å². The Balaban J connectivity index is 1.93. The Bertz CT molecular complexity index is 1050. The van der Waals surface area contributed by atoms with Crippen molar-refractivity contribution in [1.82, 2.24) is 5.32 Å². The number of amidine groups is 1. The second-order valence-electron chi connectivity index (χ2n) is 7.26. The van der Waals surface area contributed by atoms with Gasteiger partial charge in [-0.05, 0) is 43.7 Å². The van der Waals surface area contributed by atoms with Gasteiger partial charge in [0.05, 0.1) is 5.54 Å². The summed E-state index contributed by atoms with van der Waals surface area (Å²) in [7, 11) is 0. The zero-order valence-electron chi connectivity index (χ0n) is 16.7. The maximum atomic E-state index is 14.8. The van der Waals surface area contributed by atoms with Gasteiger partial charge in [-0.2, -0.15) is 13.2 Å². The Morgan fingerprint density at radius 2 is 1.88 bits per heavy atom. The quantitative estimate of drug-likeness (QED) is 0.295. The zero-order valence-corrected chi connectivity index (χ0v) is 19.6. The van der Waals surface area contributed by atoms with Crippen molar-refractivity contribution in [3.63, 3.8) is 0 Å². The fourth-order valence-electron chi connectivity index (χ4n) is 3.23. The summed E-state index contributed by atoms with van der Waals surface area (Å²) in [5.74, 6) is -3.20. The first kappa shape index (κ1) is 24.5. The number of alkyl halides is 4. The summed E-state index contributed by atoms with van der Waals surface area (Å²) >= 11 is 3.52. The van der Waals surface area contributed by atoms with E-state index in [9.17, 15) is 27.2 Å². The van der Waals surface area contributed by atoms with Gasteiger partial charge in [0.15, 0.2) is 5.17 Å². The van der Waals surface area contributed by atoms with Gasteiger partial charge in [-0.15, -0.1) is 0 Å². The van der Waals surface area contributed by atoms with Crippen LogP contribution in [0.25, 0.3) is 0 Å². The molecule has 1 heterocycles. The molecule has 2 aromatic rings. The largest absolute Gasteiger partial charge is 0.471 e. The molecule has 1 unspecified atom stereocenters. The van der Waals surface area contributed by atoms with Crippen LogP contribution in [0.3, 0.4) is 0 Å². The monoisotopic (exact) mass is 579 g/mol. The van der Waals surface area contributed by atoms with E-state index in [4.69, 9.17) is 0 Å². The minimum Gasteiger partial charge on any atom is -0.318 e. The van der Waals surface area contributed by atoms with Crippen LogP contribution in [0.2, 0.25) is 0 Å². The molecule has 0 radical (unpaired) electrons. The van der Waals surface area contributed by atoms with Gasteiger partial charge >= 0.3 is 12.1 Å². The molecule has 2 atom stereocenters. The first-order valence-corrected chi connectivity index (χ1v) is 11.8. The van der Waals surface area contributed by atoms with Crippen LogP contribution >= 0.6 is 34.4 Å². The van der Waals surface area contributed by atoms with E-state index in [0.29, 0.717) is 21.6 Å². The van der Waals surface area contributed by atoms with E-state index >= 15 is 0 Å². The number of amides is 2. The first-order valence-electron chi connectivity index (χ1n) is 9.39. The Labute approximate surface area is 199 Å². The molecule has 11 heteroatoms. The molecular weight excluding hydrogens is 561 g/mol. The molecule has 170 valence electrons. The van der Waals surface area contributed by atoms with E-state index < -0.39 is 23.4 Å². The normalized spacial score (nSPS) is 20.9. The molecule has 2 amide bonds. The van der Waals surface area contributed by atoms with Crippen molar-refractivity contribution in [2.24, 2.45) is 4.99 Å². The molecule has 0 aromatic heterocycles. The molecule has 0 aliphatic carbocycles. The third-order valence-electron chi connectivity index (χ3n) is 4.74. The third-order valence-corrected chi connectivity index (χ3v) is 7.49. The maximum absolute atomic E-state index is 14.8. The summed E-state index contributed by atoms with van der Waals surface area (Å²) in [6.07, 6.45) is -4.68. The topological polar surface area (TPSA) is 70.6 Å². The highest BCUT2D eigenvalue weighted by Gasteiger charge is 2.40. The van der Waals surface area contributed by atoms with E-state index in [1.165, 1.54) is 11.8 Å². The number of hydrogen-bond donors (Lipinski definition) is 2. The fraction of sp³-hybridized carbons (Fsp3) is 0.286. The molecular formula is C21H18F4IN3O2S. The molecule has 1 aliphatic heterocycles. The summed E-state index contributed by atoms with van der Waals surface area (Å²) in [5.41, 5.74) is -0.904. The maximum Gasteiger partial charge on any atom is 0.471 e. The van der Waals surface area contributed by atoms with Crippen molar-refractivity contribution in [2.75, 3.05) is 9.74 Å². The zero-order chi connectivity index (χ0) is 23.5. The molecule has 3 rings (SSSR count). The van der Waals surface area contributed by atoms with Crippen LogP contribution in [-0.2, 0) is 10.3 Å². The lowest BCUT2D eigenvalue weighted by Gasteiger charge is -2.35. The Morgan fingerprint density at radius 3 is 2.50 bits per heavy atom. The summed E-state index contributed by atoms with van der Waals surface area (Å²) in [6.45, 7) is 1.65. The fourth-order valence-corrected chi connectivity index (χ4v) is 5.27. The van der Waals surface area contributed by atoms with Crippen LogP contribution in [-0.4, -0.2) is 32.8 Å². The highest BCUT2D eigenvalue weighted by Crippen LogP contribution is 2.41. The molecule has 0 saturated heterocycles. The van der Waals surface area contributed by atoms with E-state index in [2.05, 4.69) is 32.9 Å². The number of carbonyl (C=O) groups excluding carboxylic acids is 2. The molecule has 0 bridgehead atoms. The number of halogens is 5. The highest BCUT2D eigenvalue weighted by molar-refractivity contribution is 14.1. The predicted molar refractivity (Wildman–Crippen MR) is 125 cm³/mol. The van der Waals surface area contributed by atoms with Crippen molar-refractivity contribution >= 4 is 57.0 Å². The van der Waals surface area contributed by atoms with E-state index in [0.717, 1.165) is 18.2 Å². The summed E-state index contributed by atoms with van der Waals surface area (Å²) in [4.78, 5) is 28.4. The van der Waals surface area contributed by atoms with E-state index in [1.807, 2.05) is 0 Å². The standard InChI is InChI=1S/C21H18F4IN3O2S/c1-20(15-9-13(7-8-16(15)22)27-18(31)21(23,24)25)10-14(11-26)32-19(29-20)28-17(30)12-5-3-2-4-6-12/h2-9,14H,10-11H2,1H3,(H,27,31)(H,28,29,30)/t14?,20-/m0/s1. The summed E-state index contributed by atoms with van der Waals surface area (Å²) in [6, 6.07) is 11.7. The van der Waals surface area contributed by atoms with Crippen LogP contribution in [0.15, 0.2) is 53.5 Å². The van der Waals surface area contributed by atoms with Crippen molar-refractivity contribution in [2.45, 2.75) is 30.3 Å². The summed E-state index contributed by atoms with van der Waals surface area (Å²) in [5, 5.41) is 4.74. The summed E-state index contributed by atoms with van der Waals surface area (Å²) < 4.78 is 53.2. The number of rotatable bonds is 4. The Kier molecular flexibility index (Phi) is 7.48. The van der Waals surface area contributed by atoms with Gasteiger partial charge in [0.2, 0.25) is 0 Å². The molecule has 0 saturated carbocycles. The lowest BCUT2D eigenvalue weighted by Crippen LogP contribution is -2.39. The number of anilines is 1. The molecule has 0 spiro atoms. The average Bonchev–Trinajstić information content (AvgIpc) is 2.74. The highest BCUT2D eigenvalue weighted by atomic mass is 127. The molecule has 2 aromatic carbocycles. The Morgan fingerprint density at radius 1 is 1.19 bits per heavy atom. The number of nitrogens with zero attached hydrogens (tertiary/aromatic N) is 1. The number of nitrogens with one attached hydrogen (secondary N) is 2. The third kappa shape index (κ3) is 5.80. The van der Waals surface area contributed by atoms with E-state index in [1.54, 1.807) is 42.6 Å². The van der Waals surface area contributed by atoms with Crippen LogP contribution in [0.1, 0.15) is 29.3 Å². The molecule has 1 aliphatic rings. The number of aliphatic imine (C=N–C) groups is 1. The molecule has 0 fully saturated rings. The van der Waals surface area contributed by atoms with Crippen LogP contribution in [0.4, 0.5) is 23.2 Å². The van der Waals surface area contributed by atoms with Crippen LogP contribution < -0.4 is 10.6 Å². The van der Waals surface area contributed by atoms with Gasteiger partial charge in [-0.1, -0.05) is 52.6 Å². The van der Waals surface area contributed by atoms with E-state index in [-0.39, 0.29) is 22.4 Å². The smallest absolute Gasteiger partial charge is 0.318 e. The van der Waals surface area contributed by atoms with Gasteiger partial charge < -0.3 is 10.6 Å². The average molecular weight is 579 g/mol. The molecule has 32 heavy (non-hydrogen) atoms. The van der Waals surface area contributed by atoms with Gasteiger partial charge in [0, 0.05) is 26.5 Å². The van der Waals surface area contributed by atoms with Gasteiger partial charge in [0.1, 0.15) is 5.82 Å². The van der Waals surface area contributed by atoms with Gasteiger partial charge in [-0.25, -0.2) is 4.39 Å². The minimum atomic E-state index is -5.07. The minimum absolute atomic E-state index is 0.0269. The van der Waals surface area contributed by atoms with Crippen molar-refractivity contribution < 1.29 is 27.2 Å². The lowest BCUT2D eigenvalue weighted by atomic mass is 9.87. The lowest BCUT2D eigenvalue weighted by molar-refractivity contribution is -0.167. The van der Waals surface area contributed by atoms with Crippen LogP contribution in [0, 0.1) is 5.82 Å². The second-order valence-corrected chi connectivity index (χ2v) is 9.43. The molecule has 5 nitrogen and oxygen atoms in total. The number of benzene rings is 2. The number of carbonyl (C=O) groups is 2. The number of thioether (sulfide) groups is 1. The Hall–Kier alpha value is -2.15. The molecule has 2 N–H and O–H groups in total. The first-order chi connectivity index (χ1) is 15.0. The van der Waals surface area contributed by atoms with Crippen molar-refractivity contribution in [3.8, 4) is 0 Å². The van der Waals surface area contributed by atoms with Gasteiger partial charge in [0.25, 0.3) is 5.91 Å². The van der Waals surface area contributed by atoms with Gasteiger partial charge in [-0.3, -0.25) is 14.6 Å². The number of hydrogen-bond acceptors (Lipinski definition) is 4. The second kappa shape index (κ2) is 9.77. The SMILES string of the molecule is C[C@@]1(c2cc(NC(=O)C(F)(F)F)ccc2F)CC(CI)SC(NC(=O)c2ccccc2)=N1. The van der Waals surface area contributed by atoms with Crippen LogP contribution in [0.5, 0.6) is 0 Å². The predicted octanol–water partition coefficient (Wildman–Crippen LogP) is 5.27.